The van der Waals surface area contributed by atoms with E-state index in [1.807, 2.05) is 0 Å². The van der Waals surface area contributed by atoms with Crippen molar-refractivity contribution in [1.82, 2.24) is 4.90 Å². The highest BCUT2D eigenvalue weighted by atomic mass is 16.5. The van der Waals surface area contributed by atoms with Gasteiger partial charge < -0.3 is 4.74 Å². The lowest BCUT2D eigenvalue weighted by Gasteiger charge is -2.29. The van der Waals surface area contributed by atoms with Crippen LogP contribution in [0.3, 0.4) is 0 Å². The quantitative estimate of drug-likeness (QED) is 0.639. The fraction of sp³-hybridized carbons (Fsp3) is 0.923. The summed E-state index contributed by atoms with van der Waals surface area (Å²) in [4.78, 5) is 14.4. The van der Waals surface area contributed by atoms with Gasteiger partial charge in [0.05, 0.1) is 12.1 Å². The number of hydrogen-bond donors (Lipinski definition) is 0. The van der Waals surface area contributed by atoms with Crippen molar-refractivity contribution < 1.29 is 9.53 Å². The molecule has 2 fully saturated rings. The second kappa shape index (κ2) is 5.78. The molecule has 0 bridgehead atoms. The van der Waals surface area contributed by atoms with E-state index in [0.29, 0.717) is 5.78 Å². The lowest BCUT2D eigenvalue weighted by molar-refractivity contribution is -0.124. The molecule has 0 spiro atoms. The molecule has 2 aliphatic rings. The number of nitrogens with zero attached hydrogens (tertiary/aromatic N) is 1. The molecule has 0 aromatic heterocycles. The SMILES string of the molecule is CC1CN(C2CCCCCC2=O)CCCO1. The normalized spacial score (nSPS) is 34.4. The summed E-state index contributed by atoms with van der Waals surface area (Å²) in [5.74, 6) is 0.464. The number of ketones is 1. The zero-order valence-corrected chi connectivity index (χ0v) is 10.3. The summed E-state index contributed by atoms with van der Waals surface area (Å²) >= 11 is 0. The first-order chi connectivity index (χ1) is 7.77. The summed E-state index contributed by atoms with van der Waals surface area (Å²) < 4.78 is 5.64. The number of Topliss-reactive ketones (excluding diaryl/α,β-unsaturated/α-hetero) is 1. The van der Waals surface area contributed by atoms with Crippen LogP contribution in [0.4, 0.5) is 0 Å². The van der Waals surface area contributed by atoms with Crippen LogP contribution in [0.25, 0.3) is 0 Å². The third-order valence-electron chi connectivity index (χ3n) is 3.70. The summed E-state index contributed by atoms with van der Waals surface area (Å²) in [6.45, 7) is 4.91. The molecule has 2 atom stereocenters. The fourth-order valence-corrected chi connectivity index (χ4v) is 2.84. The molecule has 16 heavy (non-hydrogen) atoms. The Labute approximate surface area is 98.1 Å². The minimum absolute atomic E-state index is 0.187. The molecule has 3 heteroatoms. The number of hydrogen-bond acceptors (Lipinski definition) is 3. The van der Waals surface area contributed by atoms with Crippen LogP contribution in [-0.2, 0) is 9.53 Å². The van der Waals surface area contributed by atoms with E-state index < -0.39 is 0 Å². The number of ether oxygens (including phenoxy) is 1. The first kappa shape index (κ1) is 12.1. The zero-order valence-electron chi connectivity index (χ0n) is 10.3. The first-order valence-electron chi connectivity index (χ1n) is 6.66. The molecule has 1 saturated carbocycles. The van der Waals surface area contributed by atoms with Gasteiger partial charge in [-0.15, -0.1) is 0 Å². The van der Waals surface area contributed by atoms with Gasteiger partial charge in [-0.05, 0) is 26.2 Å². The maximum atomic E-state index is 12.0. The van der Waals surface area contributed by atoms with Crippen molar-refractivity contribution in [2.45, 2.75) is 57.6 Å². The van der Waals surface area contributed by atoms with Gasteiger partial charge in [-0.2, -0.15) is 0 Å². The Hall–Kier alpha value is -0.410. The Morgan fingerprint density at radius 2 is 2.12 bits per heavy atom. The molecule has 1 aliphatic carbocycles. The van der Waals surface area contributed by atoms with Crippen LogP contribution >= 0.6 is 0 Å². The number of rotatable bonds is 1. The van der Waals surface area contributed by atoms with Gasteiger partial charge in [-0.25, -0.2) is 0 Å². The summed E-state index contributed by atoms with van der Waals surface area (Å²) in [6.07, 6.45) is 6.72. The van der Waals surface area contributed by atoms with E-state index in [1.54, 1.807) is 0 Å². The summed E-state index contributed by atoms with van der Waals surface area (Å²) in [5, 5.41) is 0. The van der Waals surface area contributed by atoms with Crippen LogP contribution in [0, 0.1) is 0 Å². The average Bonchev–Trinajstić information content (AvgIpc) is 2.58. The topological polar surface area (TPSA) is 29.5 Å². The highest BCUT2D eigenvalue weighted by Crippen LogP contribution is 2.21. The second-order valence-electron chi connectivity index (χ2n) is 5.11. The Balaban J connectivity index is 1.99. The molecule has 2 unspecified atom stereocenters. The Morgan fingerprint density at radius 1 is 1.25 bits per heavy atom. The minimum atomic E-state index is 0.187. The largest absolute Gasteiger partial charge is 0.377 e. The fourth-order valence-electron chi connectivity index (χ4n) is 2.84. The van der Waals surface area contributed by atoms with Crippen LogP contribution in [0.2, 0.25) is 0 Å². The molecule has 0 aromatic carbocycles. The van der Waals surface area contributed by atoms with E-state index in [1.165, 1.54) is 12.8 Å². The Kier molecular flexibility index (Phi) is 4.36. The molecule has 0 aromatic rings. The van der Waals surface area contributed by atoms with Crippen molar-refractivity contribution in [3.8, 4) is 0 Å². The van der Waals surface area contributed by atoms with E-state index in [0.717, 1.165) is 45.4 Å². The van der Waals surface area contributed by atoms with E-state index in [4.69, 9.17) is 4.74 Å². The zero-order chi connectivity index (χ0) is 11.4. The van der Waals surface area contributed by atoms with Crippen LogP contribution < -0.4 is 0 Å². The van der Waals surface area contributed by atoms with Gasteiger partial charge in [0.15, 0.2) is 0 Å². The molecular formula is C13H23NO2. The third-order valence-corrected chi connectivity index (χ3v) is 3.70. The summed E-state index contributed by atoms with van der Waals surface area (Å²) in [5.41, 5.74) is 0. The Bertz CT molecular complexity index is 242. The molecule has 0 amide bonds. The molecule has 1 heterocycles. The van der Waals surface area contributed by atoms with Crippen LogP contribution in [0.15, 0.2) is 0 Å². The van der Waals surface area contributed by atoms with E-state index in [2.05, 4.69) is 11.8 Å². The lowest BCUT2D eigenvalue weighted by Crippen LogP contribution is -2.43. The third kappa shape index (κ3) is 3.05. The van der Waals surface area contributed by atoms with Gasteiger partial charge in [0.2, 0.25) is 0 Å². The molecule has 0 N–H and O–H groups in total. The predicted molar refractivity (Wildman–Crippen MR) is 63.5 cm³/mol. The molecular weight excluding hydrogens is 202 g/mol. The van der Waals surface area contributed by atoms with Crippen molar-refractivity contribution in [3.05, 3.63) is 0 Å². The summed E-state index contributed by atoms with van der Waals surface area (Å²) in [7, 11) is 0. The van der Waals surface area contributed by atoms with Gasteiger partial charge in [0, 0.05) is 26.1 Å². The van der Waals surface area contributed by atoms with Crippen molar-refractivity contribution in [2.24, 2.45) is 0 Å². The molecule has 0 radical (unpaired) electrons. The Morgan fingerprint density at radius 3 is 3.00 bits per heavy atom. The predicted octanol–water partition coefficient (Wildman–Crippen LogP) is 2.00. The average molecular weight is 225 g/mol. The lowest BCUT2D eigenvalue weighted by atomic mass is 10.1. The molecule has 2 rings (SSSR count). The van der Waals surface area contributed by atoms with Crippen LogP contribution in [0.5, 0.6) is 0 Å². The number of carbonyl (C=O) groups excluding carboxylic acids is 1. The van der Waals surface area contributed by atoms with Crippen LogP contribution in [-0.4, -0.2) is 42.5 Å². The molecule has 1 saturated heterocycles. The van der Waals surface area contributed by atoms with Gasteiger partial charge in [0.25, 0.3) is 0 Å². The highest BCUT2D eigenvalue weighted by molar-refractivity contribution is 5.84. The van der Waals surface area contributed by atoms with E-state index in [9.17, 15) is 4.79 Å². The van der Waals surface area contributed by atoms with Crippen LogP contribution in [0.1, 0.15) is 45.4 Å². The van der Waals surface area contributed by atoms with E-state index in [-0.39, 0.29) is 12.1 Å². The molecule has 3 nitrogen and oxygen atoms in total. The van der Waals surface area contributed by atoms with Crippen molar-refractivity contribution in [2.75, 3.05) is 19.7 Å². The van der Waals surface area contributed by atoms with Gasteiger partial charge in [-0.3, -0.25) is 9.69 Å². The molecule has 1 aliphatic heterocycles. The molecule has 92 valence electrons. The minimum Gasteiger partial charge on any atom is -0.377 e. The summed E-state index contributed by atoms with van der Waals surface area (Å²) in [6, 6.07) is 0.187. The smallest absolute Gasteiger partial charge is 0.149 e. The van der Waals surface area contributed by atoms with Gasteiger partial charge >= 0.3 is 0 Å². The van der Waals surface area contributed by atoms with Crippen molar-refractivity contribution in [3.63, 3.8) is 0 Å². The number of carbonyl (C=O) groups is 1. The van der Waals surface area contributed by atoms with Gasteiger partial charge in [-0.1, -0.05) is 12.8 Å². The maximum absolute atomic E-state index is 12.0. The van der Waals surface area contributed by atoms with Crippen molar-refractivity contribution >= 4 is 5.78 Å². The van der Waals surface area contributed by atoms with E-state index >= 15 is 0 Å². The maximum Gasteiger partial charge on any atom is 0.149 e. The monoisotopic (exact) mass is 225 g/mol. The second-order valence-corrected chi connectivity index (χ2v) is 5.11. The highest BCUT2D eigenvalue weighted by Gasteiger charge is 2.28. The van der Waals surface area contributed by atoms with Crippen molar-refractivity contribution in [1.29, 1.82) is 0 Å². The standard InChI is InChI=1S/C13H23NO2/c1-11-10-14(8-5-9-16-11)12-6-3-2-4-7-13(12)15/h11-12H,2-10H2,1H3. The van der Waals surface area contributed by atoms with Gasteiger partial charge in [0.1, 0.15) is 5.78 Å². The first-order valence-corrected chi connectivity index (χ1v) is 6.66.